The molecule has 0 aromatic heterocycles. The quantitative estimate of drug-likeness (QED) is 0.831. The van der Waals surface area contributed by atoms with E-state index in [0.29, 0.717) is 0 Å². The summed E-state index contributed by atoms with van der Waals surface area (Å²) in [5.41, 5.74) is 0.956. The normalized spacial score (nSPS) is 23.3. The molecule has 2 aliphatic heterocycles. The number of amidine groups is 1. The molecule has 1 amide bonds. The van der Waals surface area contributed by atoms with Crippen LogP contribution in [0.15, 0.2) is 29.3 Å². The molecule has 6 heteroatoms. The molecule has 0 saturated carbocycles. The summed E-state index contributed by atoms with van der Waals surface area (Å²) >= 11 is 1.55. The van der Waals surface area contributed by atoms with Gasteiger partial charge < -0.3 is 14.5 Å². The number of hydrogen-bond acceptors (Lipinski definition) is 5. The fraction of sp³-hybridized carbons (Fsp3) is 0.467. The summed E-state index contributed by atoms with van der Waals surface area (Å²) < 4.78 is 5.23. The van der Waals surface area contributed by atoms with Gasteiger partial charge in [-0.05, 0) is 24.7 Å². The fourth-order valence-corrected chi connectivity index (χ4v) is 3.61. The van der Waals surface area contributed by atoms with Crippen molar-refractivity contribution in [1.82, 2.24) is 9.80 Å². The van der Waals surface area contributed by atoms with E-state index in [1.54, 1.807) is 18.9 Å². The molecule has 1 atom stereocenters. The van der Waals surface area contributed by atoms with Gasteiger partial charge in [0.25, 0.3) is 5.91 Å². The highest BCUT2D eigenvalue weighted by Gasteiger charge is 2.33. The van der Waals surface area contributed by atoms with Crippen LogP contribution in [0.2, 0.25) is 0 Å². The molecule has 2 aliphatic rings. The van der Waals surface area contributed by atoms with Crippen molar-refractivity contribution in [3.8, 4) is 5.75 Å². The lowest BCUT2D eigenvalue weighted by Gasteiger charge is -2.33. The molecule has 1 aromatic rings. The Morgan fingerprint density at radius 1 is 1.29 bits per heavy atom. The maximum absolute atomic E-state index is 12.2. The minimum absolute atomic E-state index is 0.0674. The summed E-state index contributed by atoms with van der Waals surface area (Å²) in [6.45, 7) is 3.89. The van der Waals surface area contributed by atoms with E-state index in [1.165, 1.54) is 0 Å². The number of rotatable bonds is 2. The number of hydrogen-bond donors (Lipinski definition) is 0. The first-order valence-electron chi connectivity index (χ1n) is 7.04. The molecule has 0 radical (unpaired) electrons. The second-order valence-corrected chi connectivity index (χ2v) is 6.37. The van der Waals surface area contributed by atoms with Crippen molar-refractivity contribution in [1.29, 1.82) is 0 Å². The van der Waals surface area contributed by atoms with Gasteiger partial charge in [-0.15, -0.1) is 0 Å². The lowest BCUT2D eigenvalue weighted by Crippen LogP contribution is -2.46. The SMILES string of the molecule is COc1cccc(C2SC(N3CCN(C)CC3)=NC2=O)c1. The number of ether oxygens (including phenoxy) is 1. The highest BCUT2D eigenvalue weighted by molar-refractivity contribution is 8.15. The average Bonchev–Trinajstić information content (AvgIpc) is 2.90. The number of thioether (sulfide) groups is 1. The molecule has 1 fully saturated rings. The molecule has 0 aliphatic carbocycles. The van der Waals surface area contributed by atoms with Crippen LogP contribution in [0.5, 0.6) is 5.75 Å². The number of amides is 1. The average molecular weight is 305 g/mol. The first-order chi connectivity index (χ1) is 10.2. The van der Waals surface area contributed by atoms with Crippen LogP contribution in [-0.2, 0) is 4.79 Å². The van der Waals surface area contributed by atoms with E-state index in [4.69, 9.17) is 4.74 Å². The molecular formula is C15H19N3O2S. The number of carbonyl (C=O) groups excluding carboxylic acids is 1. The van der Waals surface area contributed by atoms with Gasteiger partial charge in [-0.25, -0.2) is 0 Å². The Labute approximate surface area is 129 Å². The van der Waals surface area contributed by atoms with E-state index in [2.05, 4.69) is 21.8 Å². The standard InChI is InChI=1S/C15H19N3O2S/c1-17-6-8-18(9-7-17)15-16-14(19)13(21-15)11-4-3-5-12(10-11)20-2/h3-5,10,13H,6-9H2,1-2H3. The predicted octanol–water partition coefficient (Wildman–Crippen LogP) is 1.61. The largest absolute Gasteiger partial charge is 0.497 e. The molecule has 5 nitrogen and oxygen atoms in total. The number of nitrogens with zero attached hydrogens (tertiary/aromatic N) is 3. The van der Waals surface area contributed by atoms with Gasteiger partial charge in [0.2, 0.25) is 0 Å². The molecular weight excluding hydrogens is 286 g/mol. The Morgan fingerprint density at radius 3 is 2.76 bits per heavy atom. The molecule has 0 N–H and O–H groups in total. The molecule has 2 heterocycles. The van der Waals surface area contributed by atoms with Crippen LogP contribution in [-0.4, -0.2) is 61.2 Å². The Balaban J connectivity index is 1.72. The van der Waals surface area contributed by atoms with Crippen molar-refractivity contribution < 1.29 is 9.53 Å². The number of aliphatic imine (C=N–C) groups is 1. The highest BCUT2D eigenvalue weighted by atomic mass is 32.2. The van der Waals surface area contributed by atoms with Crippen LogP contribution in [0.1, 0.15) is 10.8 Å². The zero-order valence-electron chi connectivity index (χ0n) is 12.3. The maximum atomic E-state index is 12.2. The maximum Gasteiger partial charge on any atom is 0.266 e. The molecule has 0 spiro atoms. The fourth-order valence-electron chi connectivity index (χ4n) is 2.49. The molecule has 0 bridgehead atoms. The third-order valence-electron chi connectivity index (χ3n) is 3.82. The second kappa shape index (κ2) is 6.07. The van der Waals surface area contributed by atoms with Crippen molar-refractivity contribution >= 4 is 22.8 Å². The van der Waals surface area contributed by atoms with Gasteiger partial charge >= 0.3 is 0 Å². The van der Waals surface area contributed by atoms with Gasteiger partial charge in [-0.3, -0.25) is 4.79 Å². The Kier molecular flexibility index (Phi) is 4.17. The van der Waals surface area contributed by atoms with E-state index in [9.17, 15) is 4.79 Å². The van der Waals surface area contributed by atoms with Crippen molar-refractivity contribution in [3.63, 3.8) is 0 Å². The molecule has 3 rings (SSSR count). The number of likely N-dealkylation sites (N-methyl/N-ethyl adjacent to an activating group) is 1. The van der Waals surface area contributed by atoms with E-state index < -0.39 is 0 Å². The van der Waals surface area contributed by atoms with Crippen LogP contribution in [0.3, 0.4) is 0 Å². The van der Waals surface area contributed by atoms with Crippen LogP contribution in [0, 0.1) is 0 Å². The zero-order valence-corrected chi connectivity index (χ0v) is 13.1. The summed E-state index contributed by atoms with van der Waals surface area (Å²) in [5.74, 6) is 0.705. The zero-order chi connectivity index (χ0) is 14.8. The summed E-state index contributed by atoms with van der Waals surface area (Å²) in [6.07, 6.45) is 0. The molecule has 21 heavy (non-hydrogen) atoms. The summed E-state index contributed by atoms with van der Waals surface area (Å²) in [4.78, 5) is 21.0. The van der Waals surface area contributed by atoms with E-state index in [-0.39, 0.29) is 11.2 Å². The van der Waals surface area contributed by atoms with E-state index in [1.807, 2.05) is 24.3 Å². The van der Waals surface area contributed by atoms with Gasteiger partial charge in [-0.2, -0.15) is 4.99 Å². The van der Waals surface area contributed by atoms with Crippen molar-refractivity contribution in [2.75, 3.05) is 40.3 Å². The minimum atomic E-state index is -0.241. The second-order valence-electron chi connectivity index (χ2n) is 5.30. The monoisotopic (exact) mass is 305 g/mol. The third kappa shape index (κ3) is 3.06. The van der Waals surface area contributed by atoms with Gasteiger partial charge in [-0.1, -0.05) is 23.9 Å². The van der Waals surface area contributed by atoms with E-state index >= 15 is 0 Å². The highest BCUT2D eigenvalue weighted by Crippen LogP contribution is 2.38. The smallest absolute Gasteiger partial charge is 0.266 e. The van der Waals surface area contributed by atoms with Crippen molar-refractivity contribution in [2.45, 2.75) is 5.25 Å². The van der Waals surface area contributed by atoms with Crippen molar-refractivity contribution in [3.05, 3.63) is 29.8 Å². The molecule has 1 aromatic carbocycles. The van der Waals surface area contributed by atoms with Crippen molar-refractivity contribution in [2.24, 2.45) is 4.99 Å². The van der Waals surface area contributed by atoms with Gasteiger partial charge in [0.15, 0.2) is 5.17 Å². The number of carbonyl (C=O) groups is 1. The summed E-state index contributed by atoms with van der Waals surface area (Å²) in [7, 11) is 3.75. The number of benzene rings is 1. The van der Waals surface area contributed by atoms with Crippen LogP contribution >= 0.6 is 11.8 Å². The Bertz CT molecular complexity index is 568. The lowest BCUT2D eigenvalue weighted by molar-refractivity contribution is -0.117. The van der Waals surface area contributed by atoms with Crippen LogP contribution in [0.25, 0.3) is 0 Å². The molecule has 1 unspecified atom stereocenters. The van der Waals surface area contributed by atoms with Gasteiger partial charge in [0, 0.05) is 26.2 Å². The van der Waals surface area contributed by atoms with Crippen LogP contribution in [0.4, 0.5) is 0 Å². The topological polar surface area (TPSA) is 45.1 Å². The Morgan fingerprint density at radius 2 is 2.05 bits per heavy atom. The third-order valence-corrected chi connectivity index (χ3v) is 5.09. The molecule has 112 valence electrons. The van der Waals surface area contributed by atoms with E-state index in [0.717, 1.165) is 42.7 Å². The minimum Gasteiger partial charge on any atom is -0.497 e. The first kappa shape index (κ1) is 14.4. The predicted molar refractivity (Wildman–Crippen MR) is 84.8 cm³/mol. The number of methoxy groups -OCH3 is 1. The Hall–Kier alpha value is -1.53. The summed E-state index contributed by atoms with van der Waals surface area (Å²) in [5, 5.41) is 0.621. The van der Waals surface area contributed by atoms with Gasteiger partial charge in [0.1, 0.15) is 11.0 Å². The molecule has 1 saturated heterocycles. The number of piperazine rings is 1. The summed E-state index contributed by atoms with van der Waals surface area (Å²) in [6, 6.07) is 7.67. The van der Waals surface area contributed by atoms with Gasteiger partial charge in [0.05, 0.1) is 7.11 Å². The lowest BCUT2D eigenvalue weighted by atomic mass is 10.1. The first-order valence-corrected chi connectivity index (χ1v) is 7.92. The van der Waals surface area contributed by atoms with Crippen LogP contribution < -0.4 is 4.74 Å².